The first kappa shape index (κ1) is 25.7. The van der Waals surface area contributed by atoms with Gasteiger partial charge in [0.15, 0.2) is 11.5 Å². The summed E-state index contributed by atoms with van der Waals surface area (Å²) in [5, 5.41) is 10.3. The van der Waals surface area contributed by atoms with Crippen molar-refractivity contribution in [2.24, 2.45) is 0 Å². The number of methoxy groups -OCH3 is 1. The van der Waals surface area contributed by atoms with E-state index < -0.39 is 11.8 Å². The molecule has 2 amide bonds. The van der Waals surface area contributed by atoms with Crippen LogP contribution in [0.3, 0.4) is 0 Å². The third-order valence-corrected chi connectivity index (χ3v) is 6.50. The topological polar surface area (TPSA) is 79.6 Å². The average molecular weight is 513 g/mol. The second-order valence-electron chi connectivity index (χ2n) is 8.46. The molecule has 7 heteroatoms. The van der Waals surface area contributed by atoms with E-state index in [1.807, 2.05) is 54.6 Å². The second kappa shape index (κ2) is 11.6. The zero-order valence-corrected chi connectivity index (χ0v) is 21.3. The Morgan fingerprint density at radius 1 is 0.973 bits per heavy atom. The van der Waals surface area contributed by atoms with E-state index in [4.69, 9.17) is 21.1 Å². The molecule has 1 aliphatic heterocycles. The fourth-order valence-corrected chi connectivity index (χ4v) is 4.24. The molecular weight excluding hydrogens is 488 g/mol. The van der Waals surface area contributed by atoms with Gasteiger partial charge in [0.2, 0.25) is 0 Å². The van der Waals surface area contributed by atoms with Crippen molar-refractivity contribution in [2.45, 2.75) is 20.0 Å². The van der Waals surface area contributed by atoms with Gasteiger partial charge in [-0.05, 0) is 54.3 Å². The summed E-state index contributed by atoms with van der Waals surface area (Å²) in [6, 6.07) is 24.3. The highest BCUT2D eigenvalue weighted by atomic mass is 35.5. The van der Waals surface area contributed by atoms with Crippen molar-refractivity contribution in [3.63, 3.8) is 0 Å². The van der Waals surface area contributed by atoms with Crippen LogP contribution in [0.25, 0.3) is 6.08 Å². The molecule has 0 N–H and O–H groups in total. The Morgan fingerprint density at radius 2 is 1.70 bits per heavy atom. The van der Waals surface area contributed by atoms with Gasteiger partial charge in [-0.15, -0.1) is 0 Å². The third kappa shape index (κ3) is 5.74. The van der Waals surface area contributed by atoms with Gasteiger partial charge in [-0.2, -0.15) is 5.26 Å². The Labute approximate surface area is 221 Å². The molecule has 0 saturated heterocycles. The Hall–Kier alpha value is -4.34. The molecule has 0 fully saturated rings. The molecule has 1 aliphatic rings. The molecule has 0 aliphatic carbocycles. The van der Waals surface area contributed by atoms with Crippen molar-refractivity contribution in [2.75, 3.05) is 13.7 Å². The van der Waals surface area contributed by atoms with E-state index in [2.05, 4.69) is 0 Å². The highest BCUT2D eigenvalue weighted by Gasteiger charge is 2.35. The molecule has 4 rings (SSSR count). The number of imide groups is 1. The Morgan fingerprint density at radius 3 is 2.41 bits per heavy atom. The number of hydrogen-bond donors (Lipinski definition) is 0. The van der Waals surface area contributed by atoms with E-state index in [-0.39, 0.29) is 24.3 Å². The Bertz CT molecular complexity index is 1440. The maximum Gasteiger partial charge on any atom is 0.271 e. The lowest BCUT2D eigenvalue weighted by Gasteiger charge is -2.27. The van der Waals surface area contributed by atoms with Gasteiger partial charge in [0.25, 0.3) is 11.8 Å². The smallest absolute Gasteiger partial charge is 0.271 e. The van der Waals surface area contributed by atoms with Crippen LogP contribution in [0.2, 0.25) is 5.02 Å². The molecule has 3 aromatic carbocycles. The van der Waals surface area contributed by atoms with Crippen LogP contribution in [0.1, 0.15) is 23.6 Å². The summed E-state index contributed by atoms with van der Waals surface area (Å²) < 4.78 is 11.4. The van der Waals surface area contributed by atoms with E-state index in [1.165, 1.54) is 7.11 Å². The predicted octanol–water partition coefficient (Wildman–Crippen LogP) is 5.76. The first-order valence-electron chi connectivity index (χ1n) is 11.7. The van der Waals surface area contributed by atoms with Crippen molar-refractivity contribution in [3.05, 3.63) is 111 Å². The van der Waals surface area contributed by atoms with Crippen LogP contribution in [-0.2, 0) is 22.6 Å². The van der Waals surface area contributed by atoms with Crippen molar-refractivity contribution in [1.82, 2.24) is 4.90 Å². The lowest BCUT2D eigenvalue weighted by Crippen LogP contribution is -2.43. The highest BCUT2D eigenvalue weighted by Crippen LogP contribution is 2.32. The van der Waals surface area contributed by atoms with Crippen molar-refractivity contribution in [1.29, 1.82) is 5.26 Å². The van der Waals surface area contributed by atoms with E-state index in [0.717, 1.165) is 16.0 Å². The lowest BCUT2D eigenvalue weighted by molar-refractivity contribution is -0.140. The van der Waals surface area contributed by atoms with Gasteiger partial charge in [-0.1, -0.05) is 66.2 Å². The summed E-state index contributed by atoms with van der Waals surface area (Å²) in [7, 11) is 1.53. The van der Waals surface area contributed by atoms with Gasteiger partial charge in [0, 0.05) is 22.7 Å². The number of hydrogen-bond acceptors (Lipinski definition) is 5. The van der Waals surface area contributed by atoms with Gasteiger partial charge < -0.3 is 9.47 Å². The maximum absolute atomic E-state index is 13.4. The molecule has 1 heterocycles. The normalized spacial score (nSPS) is 14.6. The zero-order valence-electron chi connectivity index (χ0n) is 20.5. The Balaban J connectivity index is 1.60. The number of carbonyl (C=O) groups is 2. The molecule has 0 unspecified atom stereocenters. The number of carbonyl (C=O) groups excluding carboxylic acids is 2. The number of amides is 2. The van der Waals surface area contributed by atoms with Gasteiger partial charge in [0.05, 0.1) is 7.11 Å². The first-order chi connectivity index (χ1) is 17.9. The number of rotatable bonds is 8. The van der Waals surface area contributed by atoms with Crippen LogP contribution in [0.15, 0.2) is 89.5 Å². The molecule has 0 saturated carbocycles. The number of ether oxygens (including phenoxy) is 2. The summed E-state index contributed by atoms with van der Waals surface area (Å²) in [6.45, 7) is 2.06. The van der Waals surface area contributed by atoms with Crippen molar-refractivity contribution in [3.8, 4) is 17.6 Å². The van der Waals surface area contributed by atoms with Crippen LogP contribution < -0.4 is 9.47 Å². The monoisotopic (exact) mass is 512 g/mol. The maximum atomic E-state index is 13.4. The molecule has 186 valence electrons. The molecule has 3 aromatic rings. The first-order valence-corrected chi connectivity index (χ1v) is 12.1. The molecule has 0 bridgehead atoms. The van der Waals surface area contributed by atoms with Gasteiger partial charge in [-0.25, -0.2) is 0 Å². The summed E-state index contributed by atoms with van der Waals surface area (Å²) >= 11 is 6.22. The van der Waals surface area contributed by atoms with Gasteiger partial charge >= 0.3 is 0 Å². The van der Waals surface area contributed by atoms with Crippen LogP contribution in [-0.4, -0.2) is 30.4 Å². The fraction of sp³-hybridized carbons (Fsp3) is 0.167. The summed E-state index contributed by atoms with van der Waals surface area (Å²) in [5.74, 6) is -0.0116. The lowest BCUT2D eigenvalue weighted by atomic mass is 9.93. The molecule has 0 aromatic heterocycles. The van der Waals surface area contributed by atoms with Gasteiger partial charge in [-0.3, -0.25) is 14.5 Å². The van der Waals surface area contributed by atoms with Gasteiger partial charge in [0.1, 0.15) is 18.2 Å². The summed E-state index contributed by atoms with van der Waals surface area (Å²) in [5.41, 5.74) is 3.11. The SMILES string of the molecule is COc1cc(/C=C2/C(=O)N(CCc3ccccc3)C(=O)C(C#N)=C2C)ccc1OCc1ccccc1Cl. The molecule has 0 radical (unpaired) electrons. The van der Waals surface area contributed by atoms with E-state index >= 15 is 0 Å². The predicted molar refractivity (Wildman–Crippen MR) is 142 cm³/mol. The summed E-state index contributed by atoms with van der Waals surface area (Å²) in [4.78, 5) is 27.4. The number of halogens is 1. The van der Waals surface area contributed by atoms with Crippen LogP contribution >= 0.6 is 11.6 Å². The third-order valence-electron chi connectivity index (χ3n) is 6.13. The van der Waals surface area contributed by atoms with E-state index in [1.54, 1.807) is 37.3 Å². The fourth-order valence-electron chi connectivity index (χ4n) is 4.05. The minimum atomic E-state index is -0.570. The largest absolute Gasteiger partial charge is 0.493 e. The quantitative estimate of drug-likeness (QED) is 0.283. The molecular formula is C30H25ClN2O4. The van der Waals surface area contributed by atoms with Crippen LogP contribution in [0.5, 0.6) is 11.5 Å². The Kier molecular flexibility index (Phi) is 8.07. The molecule has 6 nitrogen and oxygen atoms in total. The average Bonchev–Trinajstić information content (AvgIpc) is 2.91. The number of nitrogens with zero attached hydrogens (tertiary/aromatic N) is 2. The van der Waals surface area contributed by atoms with Crippen molar-refractivity contribution < 1.29 is 19.1 Å². The number of nitriles is 1. The van der Waals surface area contributed by atoms with Crippen LogP contribution in [0, 0.1) is 11.3 Å². The molecule has 0 spiro atoms. The zero-order chi connectivity index (χ0) is 26.4. The highest BCUT2D eigenvalue weighted by molar-refractivity contribution is 6.31. The van der Waals surface area contributed by atoms with E-state index in [0.29, 0.717) is 34.1 Å². The standard InChI is InChI=1S/C30H25ClN2O4/c1-20-24(29(34)33(30(35)25(20)18-32)15-14-21-8-4-3-5-9-21)16-22-12-13-27(28(17-22)36-2)37-19-23-10-6-7-11-26(23)31/h3-13,16-17H,14-15,19H2,1-2H3/b24-16+. The van der Waals surface area contributed by atoms with E-state index in [9.17, 15) is 14.9 Å². The molecule has 37 heavy (non-hydrogen) atoms. The minimum absolute atomic E-state index is 0.0365. The van der Waals surface area contributed by atoms with Crippen molar-refractivity contribution >= 4 is 29.5 Å². The number of benzene rings is 3. The summed E-state index contributed by atoms with van der Waals surface area (Å²) in [6.07, 6.45) is 2.16. The van der Waals surface area contributed by atoms with Crippen LogP contribution in [0.4, 0.5) is 0 Å². The second-order valence-corrected chi connectivity index (χ2v) is 8.86. The molecule has 0 atom stereocenters. The minimum Gasteiger partial charge on any atom is -0.493 e.